The van der Waals surface area contributed by atoms with E-state index in [9.17, 15) is 4.79 Å². The first-order valence-electron chi connectivity index (χ1n) is 7.08. The summed E-state index contributed by atoms with van der Waals surface area (Å²) in [7, 11) is 0. The lowest BCUT2D eigenvalue weighted by Crippen LogP contribution is -2.23. The summed E-state index contributed by atoms with van der Waals surface area (Å²) in [6.45, 7) is 4.54. The summed E-state index contributed by atoms with van der Waals surface area (Å²) in [6, 6.07) is 0. The Hall–Kier alpha value is -0.790. The molecule has 2 unspecified atom stereocenters. The van der Waals surface area contributed by atoms with E-state index in [1.165, 1.54) is 25.7 Å². The SMILES string of the molecule is CC/C=C\CC1CCCCC1CC(=O)OCC. The van der Waals surface area contributed by atoms with Crippen LogP contribution in [0.3, 0.4) is 0 Å². The normalized spacial score (nSPS) is 25.1. The van der Waals surface area contributed by atoms with Gasteiger partial charge in [0.15, 0.2) is 0 Å². The van der Waals surface area contributed by atoms with Crippen molar-refractivity contribution in [1.82, 2.24) is 0 Å². The molecule has 98 valence electrons. The fourth-order valence-electron chi connectivity index (χ4n) is 2.74. The third-order valence-electron chi connectivity index (χ3n) is 3.64. The minimum Gasteiger partial charge on any atom is -0.466 e. The minimum absolute atomic E-state index is 0.0103. The van der Waals surface area contributed by atoms with Crippen LogP contribution < -0.4 is 0 Å². The molecule has 0 aromatic rings. The summed E-state index contributed by atoms with van der Waals surface area (Å²) in [5, 5.41) is 0. The Morgan fingerprint density at radius 1 is 1.18 bits per heavy atom. The average molecular weight is 238 g/mol. The summed E-state index contributed by atoms with van der Waals surface area (Å²) in [4.78, 5) is 11.5. The molecule has 0 heterocycles. The maximum atomic E-state index is 11.5. The smallest absolute Gasteiger partial charge is 0.306 e. The monoisotopic (exact) mass is 238 g/mol. The van der Waals surface area contributed by atoms with Crippen molar-refractivity contribution in [2.75, 3.05) is 6.61 Å². The zero-order chi connectivity index (χ0) is 12.5. The Kier molecular flexibility index (Phi) is 6.99. The summed E-state index contributed by atoms with van der Waals surface area (Å²) in [5.41, 5.74) is 0. The number of hydrogen-bond donors (Lipinski definition) is 0. The largest absolute Gasteiger partial charge is 0.466 e. The van der Waals surface area contributed by atoms with Gasteiger partial charge in [0, 0.05) is 6.42 Å². The highest BCUT2D eigenvalue weighted by atomic mass is 16.5. The lowest BCUT2D eigenvalue weighted by Gasteiger charge is -2.30. The number of hydrogen-bond acceptors (Lipinski definition) is 2. The molecule has 2 nitrogen and oxygen atoms in total. The van der Waals surface area contributed by atoms with E-state index in [4.69, 9.17) is 4.74 Å². The van der Waals surface area contributed by atoms with E-state index in [1.807, 2.05) is 6.92 Å². The molecule has 17 heavy (non-hydrogen) atoms. The molecule has 1 fully saturated rings. The molecular formula is C15H26O2. The third kappa shape index (κ3) is 5.38. The number of ether oxygens (including phenoxy) is 1. The maximum Gasteiger partial charge on any atom is 0.306 e. The molecule has 0 N–H and O–H groups in total. The Labute approximate surface area is 105 Å². The van der Waals surface area contributed by atoms with Crippen LogP contribution in [-0.4, -0.2) is 12.6 Å². The first kappa shape index (κ1) is 14.3. The summed E-state index contributed by atoms with van der Waals surface area (Å²) < 4.78 is 5.06. The first-order valence-corrected chi connectivity index (χ1v) is 7.08. The van der Waals surface area contributed by atoms with Gasteiger partial charge in [0.05, 0.1) is 6.61 Å². The van der Waals surface area contributed by atoms with Crippen molar-refractivity contribution < 1.29 is 9.53 Å². The van der Waals surface area contributed by atoms with Crippen LogP contribution in [-0.2, 0) is 9.53 Å². The van der Waals surface area contributed by atoms with E-state index in [2.05, 4.69) is 19.1 Å². The number of carbonyl (C=O) groups is 1. The van der Waals surface area contributed by atoms with E-state index in [0.717, 1.165) is 12.8 Å². The number of esters is 1. The second-order valence-electron chi connectivity index (χ2n) is 4.93. The van der Waals surface area contributed by atoms with Crippen molar-refractivity contribution >= 4 is 5.97 Å². The van der Waals surface area contributed by atoms with Gasteiger partial charge in [-0.15, -0.1) is 0 Å². The van der Waals surface area contributed by atoms with Gasteiger partial charge in [0.25, 0.3) is 0 Å². The molecule has 1 aliphatic carbocycles. The van der Waals surface area contributed by atoms with Gasteiger partial charge in [-0.3, -0.25) is 4.79 Å². The summed E-state index contributed by atoms with van der Waals surface area (Å²) in [5.74, 6) is 1.23. The molecule has 0 bridgehead atoms. The number of allylic oxidation sites excluding steroid dienone is 2. The fourth-order valence-corrected chi connectivity index (χ4v) is 2.74. The number of rotatable bonds is 6. The second kappa shape index (κ2) is 8.32. The zero-order valence-corrected chi connectivity index (χ0v) is 11.3. The molecule has 0 radical (unpaired) electrons. The predicted molar refractivity (Wildman–Crippen MR) is 70.7 cm³/mol. The van der Waals surface area contributed by atoms with Crippen LogP contribution in [0.5, 0.6) is 0 Å². The highest BCUT2D eigenvalue weighted by Gasteiger charge is 2.26. The fraction of sp³-hybridized carbons (Fsp3) is 0.800. The van der Waals surface area contributed by atoms with Crippen molar-refractivity contribution in [3.63, 3.8) is 0 Å². The van der Waals surface area contributed by atoms with Gasteiger partial charge in [-0.2, -0.15) is 0 Å². The van der Waals surface area contributed by atoms with E-state index in [-0.39, 0.29) is 5.97 Å². The molecular weight excluding hydrogens is 212 g/mol. The van der Waals surface area contributed by atoms with Crippen LogP contribution in [0.4, 0.5) is 0 Å². The molecule has 0 aromatic heterocycles. The van der Waals surface area contributed by atoms with Gasteiger partial charge in [-0.1, -0.05) is 31.9 Å². The molecule has 0 aliphatic heterocycles. The second-order valence-corrected chi connectivity index (χ2v) is 4.93. The molecule has 0 amide bonds. The van der Waals surface area contributed by atoms with E-state index >= 15 is 0 Å². The molecule has 0 aromatic carbocycles. The van der Waals surface area contributed by atoms with E-state index in [1.54, 1.807) is 0 Å². The Balaban J connectivity index is 2.41. The van der Waals surface area contributed by atoms with E-state index in [0.29, 0.717) is 24.9 Å². The van der Waals surface area contributed by atoms with Gasteiger partial charge >= 0.3 is 5.97 Å². The molecule has 2 atom stereocenters. The predicted octanol–water partition coefficient (Wildman–Crippen LogP) is 4.10. The van der Waals surface area contributed by atoms with Crippen LogP contribution in [0.15, 0.2) is 12.2 Å². The lowest BCUT2D eigenvalue weighted by atomic mass is 9.76. The molecule has 0 spiro atoms. The van der Waals surface area contributed by atoms with Gasteiger partial charge in [0.1, 0.15) is 0 Å². The Morgan fingerprint density at radius 2 is 1.88 bits per heavy atom. The molecule has 1 aliphatic rings. The Bertz CT molecular complexity index is 245. The topological polar surface area (TPSA) is 26.3 Å². The molecule has 1 rings (SSSR count). The van der Waals surface area contributed by atoms with Crippen LogP contribution in [0.1, 0.15) is 58.8 Å². The van der Waals surface area contributed by atoms with Crippen molar-refractivity contribution in [2.45, 2.75) is 58.8 Å². The van der Waals surface area contributed by atoms with Crippen molar-refractivity contribution in [1.29, 1.82) is 0 Å². The summed E-state index contributed by atoms with van der Waals surface area (Å²) >= 11 is 0. The zero-order valence-electron chi connectivity index (χ0n) is 11.3. The highest BCUT2D eigenvalue weighted by molar-refractivity contribution is 5.69. The highest BCUT2D eigenvalue weighted by Crippen LogP contribution is 2.35. The average Bonchev–Trinajstić information content (AvgIpc) is 2.32. The molecule has 0 saturated heterocycles. The number of carbonyl (C=O) groups excluding carboxylic acids is 1. The molecule has 2 heteroatoms. The van der Waals surface area contributed by atoms with Crippen LogP contribution >= 0.6 is 0 Å². The maximum absolute atomic E-state index is 11.5. The van der Waals surface area contributed by atoms with Gasteiger partial charge in [0.2, 0.25) is 0 Å². The van der Waals surface area contributed by atoms with Crippen LogP contribution in [0.2, 0.25) is 0 Å². The van der Waals surface area contributed by atoms with Crippen LogP contribution in [0.25, 0.3) is 0 Å². The third-order valence-corrected chi connectivity index (χ3v) is 3.64. The van der Waals surface area contributed by atoms with Crippen molar-refractivity contribution in [3.05, 3.63) is 12.2 Å². The first-order chi connectivity index (χ1) is 8.27. The standard InChI is InChI=1S/C15H26O2/c1-3-5-6-9-13-10-7-8-11-14(13)12-15(16)17-4-2/h5-6,13-14H,3-4,7-12H2,1-2H3/b6-5-. The molecule has 1 saturated carbocycles. The summed E-state index contributed by atoms with van der Waals surface area (Å²) in [6.07, 6.45) is 12.5. The van der Waals surface area contributed by atoms with Gasteiger partial charge in [-0.05, 0) is 44.4 Å². The van der Waals surface area contributed by atoms with Gasteiger partial charge < -0.3 is 4.74 Å². The van der Waals surface area contributed by atoms with E-state index < -0.39 is 0 Å². The van der Waals surface area contributed by atoms with Crippen LogP contribution in [0, 0.1) is 11.8 Å². The minimum atomic E-state index is -0.0103. The van der Waals surface area contributed by atoms with Crippen molar-refractivity contribution in [3.8, 4) is 0 Å². The lowest BCUT2D eigenvalue weighted by molar-refractivity contribution is -0.145. The van der Waals surface area contributed by atoms with Gasteiger partial charge in [-0.25, -0.2) is 0 Å². The van der Waals surface area contributed by atoms with Crippen molar-refractivity contribution in [2.24, 2.45) is 11.8 Å². The quantitative estimate of drug-likeness (QED) is 0.514. The Morgan fingerprint density at radius 3 is 2.53 bits per heavy atom.